The molecule has 1 aromatic rings. The molecule has 0 aromatic carbocycles. The van der Waals surface area contributed by atoms with E-state index in [0.29, 0.717) is 17.3 Å². The molecule has 1 aromatic heterocycles. The Bertz CT molecular complexity index is 514. The Morgan fingerprint density at radius 3 is 2.79 bits per heavy atom. The minimum absolute atomic E-state index is 0.0661. The minimum atomic E-state index is -3.02. The van der Waals surface area contributed by atoms with Gasteiger partial charge in [-0.1, -0.05) is 18.7 Å². The van der Waals surface area contributed by atoms with Crippen molar-refractivity contribution in [3.8, 4) is 0 Å². The van der Waals surface area contributed by atoms with Crippen LogP contribution in [0.5, 0.6) is 0 Å². The summed E-state index contributed by atoms with van der Waals surface area (Å²) in [5.74, 6) is 0.133. The highest BCUT2D eigenvalue weighted by molar-refractivity contribution is 8.00. The van der Waals surface area contributed by atoms with Gasteiger partial charge in [0.25, 0.3) is 0 Å². The van der Waals surface area contributed by atoms with E-state index in [-0.39, 0.29) is 18.1 Å². The molecular weight excluding hydrogens is 292 g/mol. The number of hydrogen-bond acceptors (Lipinski definition) is 8. The number of carbonyl (C=O) groups is 1. The third-order valence-corrected chi connectivity index (χ3v) is 5.22. The van der Waals surface area contributed by atoms with Gasteiger partial charge in [-0.3, -0.25) is 4.79 Å². The number of sulfone groups is 1. The molecule has 0 unspecified atom stereocenters. The highest BCUT2D eigenvalue weighted by Gasteiger charge is 2.14. The fourth-order valence-corrected chi connectivity index (χ4v) is 3.96. The van der Waals surface area contributed by atoms with Crippen molar-refractivity contribution in [2.24, 2.45) is 0 Å². The van der Waals surface area contributed by atoms with E-state index in [1.165, 1.54) is 23.6 Å². The maximum atomic E-state index is 11.5. The predicted octanol–water partition coefficient (Wildman–Crippen LogP) is -0.237. The van der Waals surface area contributed by atoms with Crippen LogP contribution in [-0.4, -0.2) is 59.0 Å². The van der Waals surface area contributed by atoms with Gasteiger partial charge in [0.2, 0.25) is 5.16 Å². The summed E-state index contributed by atoms with van der Waals surface area (Å²) in [7, 11) is -1.74. The van der Waals surface area contributed by atoms with Crippen LogP contribution in [0.4, 0.5) is 0 Å². The van der Waals surface area contributed by atoms with Crippen molar-refractivity contribution in [3.05, 3.63) is 0 Å². The zero-order valence-electron chi connectivity index (χ0n) is 10.8. The SMILES string of the molecule is CCCS(=O)(=O)CCSc1nnnn1CC(=O)OC. The summed E-state index contributed by atoms with van der Waals surface area (Å²) in [4.78, 5) is 11.1. The molecule has 1 heterocycles. The fourth-order valence-electron chi connectivity index (χ4n) is 1.26. The fraction of sp³-hybridized carbons (Fsp3) is 0.778. The summed E-state index contributed by atoms with van der Waals surface area (Å²) in [5.41, 5.74) is 0. The Balaban J connectivity index is 2.50. The summed E-state index contributed by atoms with van der Waals surface area (Å²) < 4.78 is 28.8. The molecule has 0 saturated carbocycles. The van der Waals surface area contributed by atoms with Crippen LogP contribution in [0.3, 0.4) is 0 Å². The summed E-state index contributed by atoms with van der Waals surface area (Å²) in [6.07, 6.45) is 0.604. The molecule has 0 aliphatic rings. The van der Waals surface area contributed by atoms with Crippen LogP contribution in [0.1, 0.15) is 13.3 Å². The highest BCUT2D eigenvalue weighted by Crippen LogP contribution is 2.14. The average molecular weight is 308 g/mol. The van der Waals surface area contributed by atoms with Crippen molar-refractivity contribution in [1.82, 2.24) is 20.2 Å². The largest absolute Gasteiger partial charge is 0.468 e. The number of tetrazole rings is 1. The van der Waals surface area contributed by atoms with Crippen molar-refractivity contribution in [2.75, 3.05) is 24.4 Å². The van der Waals surface area contributed by atoms with Gasteiger partial charge in [-0.05, 0) is 16.8 Å². The molecule has 10 heteroatoms. The molecule has 0 amide bonds. The predicted molar refractivity (Wildman–Crippen MR) is 69.5 cm³/mol. The topological polar surface area (TPSA) is 104 Å². The van der Waals surface area contributed by atoms with Gasteiger partial charge in [0.05, 0.1) is 12.9 Å². The Labute approximate surface area is 115 Å². The number of rotatable bonds is 8. The van der Waals surface area contributed by atoms with Crippen LogP contribution in [0.2, 0.25) is 0 Å². The maximum absolute atomic E-state index is 11.5. The number of nitrogens with zero attached hydrogens (tertiary/aromatic N) is 4. The summed E-state index contributed by atoms with van der Waals surface area (Å²) in [5, 5.41) is 11.2. The first kappa shape index (κ1) is 15.9. The number of carbonyl (C=O) groups excluding carboxylic acids is 1. The summed E-state index contributed by atoms with van der Waals surface area (Å²) in [6, 6.07) is 0. The van der Waals surface area contributed by atoms with Gasteiger partial charge in [0.15, 0.2) is 9.84 Å². The molecule has 0 N–H and O–H groups in total. The Morgan fingerprint density at radius 2 is 2.16 bits per heavy atom. The van der Waals surface area contributed by atoms with Crippen LogP contribution < -0.4 is 0 Å². The van der Waals surface area contributed by atoms with Crippen LogP contribution in [0, 0.1) is 0 Å². The third-order valence-electron chi connectivity index (χ3n) is 2.15. The lowest BCUT2D eigenvalue weighted by atomic mass is 10.6. The monoisotopic (exact) mass is 308 g/mol. The quantitative estimate of drug-likeness (QED) is 0.479. The van der Waals surface area contributed by atoms with Crippen molar-refractivity contribution in [2.45, 2.75) is 25.0 Å². The van der Waals surface area contributed by atoms with Gasteiger partial charge in [0.1, 0.15) is 6.54 Å². The molecule has 1 rings (SSSR count). The molecule has 108 valence electrons. The van der Waals surface area contributed by atoms with Gasteiger partial charge in [-0.2, -0.15) is 0 Å². The molecule has 0 saturated heterocycles. The van der Waals surface area contributed by atoms with Gasteiger partial charge < -0.3 is 4.74 Å². The first-order chi connectivity index (χ1) is 8.98. The number of aromatic nitrogens is 4. The lowest BCUT2D eigenvalue weighted by molar-refractivity contribution is -0.141. The van der Waals surface area contributed by atoms with E-state index in [4.69, 9.17) is 0 Å². The van der Waals surface area contributed by atoms with E-state index < -0.39 is 15.8 Å². The van der Waals surface area contributed by atoms with Crippen molar-refractivity contribution < 1.29 is 17.9 Å². The Kier molecular flexibility index (Phi) is 6.22. The van der Waals surface area contributed by atoms with Crippen LogP contribution in [-0.2, 0) is 25.9 Å². The molecule has 8 nitrogen and oxygen atoms in total. The van der Waals surface area contributed by atoms with Gasteiger partial charge in [-0.15, -0.1) is 5.10 Å². The Hall–Kier alpha value is -1.16. The first-order valence-electron chi connectivity index (χ1n) is 5.64. The highest BCUT2D eigenvalue weighted by atomic mass is 32.2. The second-order valence-corrected chi connectivity index (χ2v) is 7.06. The van der Waals surface area contributed by atoms with E-state index in [2.05, 4.69) is 20.3 Å². The number of methoxy groups -OCH3 is 1. The molecule has 0 bridgehead atoms. The van der Waals surface area contributed by atoms with Crippen molar-refractivity contribution in [1.29, 1.82) is 0 Å². The van der Waals surface area contributed by atoms with Crippen molar-refractivity contribution in [3.63, 3.8) is 0 Å². The van der Waals surface area contributed by atoms with Gasteiger partial charge in [-0.25, -0.2) is 13.1 Å². The zero-order chi connectivity index (χ0) is 14.3. The molecule has 0 fully saturated rings. The second-order valence-electron chi connectivity index (χ2n) is 3.70. The standard InChI is InChI=1S/C9H16N4O4S2/c1-3-5-19(15,16)6-4-18-9-10-11-12-13(9)7-8(14)17-2/h3-7H2,1-2H3. The van der Waals surface area contributed by atoms with Crippen LogP contribution in [0.25, 0.3) is 0 Å². The van der Waals surface area contributed by atoms with Gasteiger partial charge in [0, 0.05) is 11.5 Å². The number of thioether (sulfide) groups is 1. The normalized spacial score (nSPS) is 11.5. The summed E-state index contributed by atoms with van der Waals surface area (Å²) in [6.45, 7) is 1.73. The lowest BCUT2D eigenvalue weighted by Gasteiger charge is -2.03. The third kappa shape index (κ3) is 5.55. The molecule has 0 spiro atoms. The van der Waals surface area contributed by atoms with Crippen LogP contribution in [0.15, 0.2) is 5.16 Å². The van der Waals surface area contributed by atoms with E-state index in [1.54, 1.807) is 0 Å². The number of ether oxygens (including phenoxy) is 1. The maximum Gasteiger partial charge on any atom is 0.327 e. The van der Waals surface area contributed by atoms with Gasteiger partial charge >= 0.3 is 5.97 Å². The van der Waals surface area contributed by atoms with E-state index in [0.717, 1.165) is 0 Å². The van der Waals surface area contributed by atoms with Crippen LogP contribution >= 0.6 is 11.8 Å². The molecule has 0 radical (unpaired) electrons. The van der Waals surface area contributed by atoms with E-state index in [1.807, 2.05) is 6.92 Å². The second kappa shape index (κ2) is 7.43. The molecule has 19 heavy (non-hydrogen) atoms. The van der Waals surface area contributed by atoms with Crippen molar-refractivity contribution >= 4 is 27.6 Å². The smallest absolute Gasteiger partial charge is 0.327 e. The number of hydrogen-bond donors (Lipinski definition) is 0. The molecule has 0 aliphatic carbocycles. The zero-order valence-corrected chi connectivity index (χ0v) is 12.4. The van der Waals surface area contributed by atoms with E-state index in [9.17, 15) is 13.2 Å². The minimum Gasteiger partial charge on any atom is -0.468 e. The summed E-state index contributed by atoms with van der Waals surface area (Å²) >= 11 is 1.20. The lowest BCUT2D eigenvalue weighted by Crippen LogP contribution is -2.15. The molecular formula is C9H16N4O4S2. The van der Waals surface area contributed by atoms with E-state index >= 15 is 0 Å². The molecule has 0 aliphatic heterocycles. The molecule has 0 atom stereocenters. The first-order valence-corrected chi connectivity index (χ1v) is 8.45. The number of esters is 1. The average Bonchev–Trinajstić information content (AvgIpc) is 2.76. The Morgan fingerprint density at radius 1 is 1.42 bits per heavy atom.